The molecule has 0 aliphatic carbocycles. The monoisotopic (exact) mass is 377 g/mol. The highest BCUT2D eigenvalue weighted by atomic mass is 79.9. The van der Waals surface area contributed by atoms with E-state index in [1.807, 2.05) is 28.8 Å². The minimum absolute atomic E-state index is 0. The Kier molecular flexibility index (Phi) is 7.24. The second-order valence-corrected chi connectivity index (χ2v) is 6.75. The Bertz CT molecular complexity index is 467. The van der Waals surface area contributed by atoms with Crippen molar-refractivity contribution in [2.24, 2.45) is 5.92 Å². The molecule has 1 aliphatic heterocycles. The molecule has 1 fully saturated rings. The van der Waals surface area contributed by atoms with Gasteiger partial charge in [-0.3, -0.25) is 4.79 Å². The minimum Gasteiger partial charge on any atom is -0.340 e. The van der Waals surface area contributed by atoms with Crippen molar-refractivity contribution in [2.75, 3.05) is 26.7 Å². The number of carbonyl (C=O) groups is 1. The third-order valence-electron chi connectivity index (χ3n) is 3.99. The van der Waals surface area contributed by atoms with Crippen molar-refractivity contribution in [3.8, 4) is 0 Å². The molecule has 0 saturated carbocycles. The minimum atomic E-state index is 0. The molecule has 1 saturated heterocycles. The molecule has 1 aromatic heterocycles. The third kappa shape index (κ3) is 4.47. The van der Waals surface area contributed by atoms with Crippen molar-refractivity contribution in [3.05, 3.63) is 22.4 Å². The van der Waals surface area contributed by atoms with Gasteiger partial charge in [0.05, 0.1) is 0 Å². The fraction of sp³-hybridized carbons (Fsp3) is 0.667. The van der Waals surface area contributed by atoms with Gasteiger partial charge in [-0.25, -0.2) is 0 Å². The molecule has 120 valence electrons. The van der Waals surface area contributed by atoms with Crippen LogP contribution in [0.3, 0.4) is 0 Å². The van der Waals surface area contributed by atoms with Gasteiger partial charge in [0.1, 0.15) is 5.69 Å². The summed E-state index contributed by atoms with van der Waals surface area (Å²) in [5.74, 6) is 0.861. The Morgan fingerprint density at radius 3 is 2.57 bits per heavy atom. The number of hydrogen-bond acceptors (Lipinski definition) is 2. The second kappa shape index (κ2) is 8.20. The fourth-order valence-corrected chi connectivity index (χ4v) is 3.27. The average molecular weight is 379 g/mol. The van der Waals surface area contributed by atoms with Gasteiger partial charge in [0, 0.05) is 29.8 Å². The van der Waals surface area contributed by atoms with Gasteiger partial charge in [0.15, 0.2) is 0 Å². The molecule has 6 heteroatoms. The Morgan fingerprint density at radius 2 is 2.05 bits per heavy atom. The largest absolute Gasteiger partial charge is 0.340 e. The molecule has 0 unspecified atom stereocenters. The fourth-order valence-electron chi connectivity index (χ4n) is 2.84. The summed E-state index contributed by atoms with van der Waals surface area (Å²) in [6.45, 7) is 6.98. The van der Waals surface area contributed by atoms with Crippen LogP contribution in [0, 0.1) is 5.92 Å². The molecule has 2 heterocycles. The standard InChI is InChI=1S/C15H24BrN3O.ClH/c1-11(2)19-10-13(16)8-14(19)15(20)18-6-4-12(5-7-18)9-17-3;/h8,10-12,17H,4-7,9H2,1-3H3;1H. The van der Waals surface area contributed by atoms with Gasteiger partial charge >= 0.3 is 0 Å². The van der Waals surface area contributed by atoms with Gasteiger partial charge < -0.3 is 14.8 Å². The lowest BCUT2D eigenvalue weighted by atomic mass is 9.96. The molecule has 2 rings (SSSR count). The first-order valence-electron chi connectivity index (χ1n) is 7.34. The molecule has 1 N–H and O–H groups in total. The lowest BCUT2D eigenvalue weighted by Gasteiger charge is -2.32. The summed E-state index contributed by atoms with van der Waals surface area (Å²) in [4.78, 5) is 14.7. The lowest BCUT2D eigenvalue weighted by Crippen LogP contribution is -2.41. The first kappa shape index (κ1) is 18.5. The van der Waals surface area contributed by atoms with Gasteiger partial charge in [0.2, 0.25) is 0 Å². The summed E-state index contributed by atoms with van der Waals surface area (Å²) in [5.41, 5.74) is 0.791. The molecule has 0 bridgehead atoms. The summed E-state index contributed by atoms with van der Waals surface area (Å²) >= 11 is 3.47. The zero-order valence-electron chi connectivity index (χ0n) is 12.9. The molecule has 0 aromatic carbocycles. The van der Waals surface area contributed by atoms with E-state index >= 15 is 0 Å². The van der Waals surface area contributed by atoms with Gasteiger partial charge in [-0.05, 0) is 68.2 Å². The average Bonchev–Trinajstić information content (AvgIpc) is 2.81. The maximum absolute atomic E-state index is 12.7. The van der Waals surface area contributed by atoms with Gasteiger partial charge in [0.25, 0.3) is 5.91 Å². The van der Waals surface area contributed by atoms with Gasteiger partial charge in [-0.1, -0.05) is 0 Å². The van der Waals surface area contributed by atoms with E-state index in [-0.39, 0.29) is 18.3 Å². The lowest BCUT2D eigenvalue weighted by molar-refractivity contribution is 0.0678. The number of nitrogens with zero attached hydrogens (tertiary/aromatic N) is 2. The number of likely N-dealkylation sites (tertiary alicyclic amines) is 1. The van der Waals surface area contributed by atoms with Gasteiger partial charge in [-0.2, -0.15) is 0 Å². The molecule has 1 aliphatic rings. The number of carbonyl (C=O) groups excluding carboxylic acids is 1. The van der Waals surface area contributed by atoms with E-state index in [4.69, 9.17) is 0 Å². The highest BCUT2D eigenvalue weighted by molar-refractivity contribution is 9.10. The summed E-state index contributed by atoms with van der Waals surface area (Å²) in [5, 5.41) is 3.23. The highest BCUT2D eigenvalue weighted by Crippen LogP contribution is 2.23. The van der Waals surface area contributed by atoms with E-state index in [1.165, 1.54) is 0 Å². The van der Waals surface area contributed by atoms with Crippen LogP contribution in [0.15, 0.2) is 16.7 Å². The Morgan fingerprint density at radius 1 is 1.43 bits per heavy atom. The van der Waals surface area contributed by atoms with E-state index < -0.39 is 0 Å². The number of hydrogen-bond donors (Lipinski definition) is 1. The summed E-state index contributed by atoms with van der Waals surface area (Å²) in [6.07, 6.45) is 4.18. The van der Waals surface area contributed by atoms with Crippen molar-refractivity contribution in [2.45, 2.75) is 32.7 Å². The van der Waals surface area contributed by atoms with Crippen molar-refractivity contribution >= 4 is 34.2 Å². The quantitative estimate of drug-likeness (QED) is 0.872. The van der Waals surface area contributed by atoms with Crippen LogP contribution in [0.1, 0.15) is 43.2 Å². The van der Waals surface area contributed by atoms with Crippen LogP contribution < -0.4 is 5.32 Å². The van der Waals surface area contributed by atoms with E-state index in [0.717, 1.165) is 42.6 Å². The van der Waals surface area contributed by atoms with Crippen LogP contribution in [-0.4, -0.2) is 42.1 Å². The van der Waals surface area contributed by atoms with Crippen molar-refractivity contribution in [3.63, 3.8) is 0 Å². The molecule has 0 atom stereocenters. The van der Waals surface area contributed by atoms with E-state index in [1.54, 1.807) is 0 Å². The zero-order chi connectivity index (χ0) is 14.7. The number of amides is 1. The van der Waals surface area contributed by atoms with Crippen molar-refractivity contribution in [1.82, 2.24) is 14.8 Å². The topological polar surface area (TPSA) is 37.3 Å². The molecule has 1 amide bonds. The predicted octanol–water partition coefficient (Wildman–Crippen LogP) is 3.32. The molecule has 4 nitrogen and oxygen atoms in total. The molecule has 1 aromatic rings. The highest BCUT2D eigenvalue weighted by Gasteiger charge is 2.25. The zero-order valence-corrected chi connectivity index (χ0v) is 15.3. The molecular weight excluding hydrogens is 354 g/mol. The normalized spacial score (nSPS) is 16.1. The van der Waals surface area contributed by atoms with Crippen molar-refractivity contribution < 1.29 is 4.79 Å². The van der Waals surface area contributed by atoms with E-state index in [0.29, 0.717) is 12.0 Å². The first-order valence-corrected chi connectivity index (χ1v) is 8.13. The van der Waals surface area contributed by atoms with E-state index in [9.17, 15) is 4.79 Å². The molecule has 0 radical (unpaired) electrons. The molecule has 21 heavy (non-hydrogen) atoms. The summed E-state index contributed by atoms with van der Waals surface area (Å²) in [6, 6.07) is 2.23. The van der Waals surface area contributed by atoms with Gasteiger partial charge in [-0.15, -0.1) is 12.4 Å². The van der Waals surface area contributed by atoms with Crippen LogP contribution in [0.5, 0.6) is 0 Å². The molecular formula is C15H25BrClN3O. The smallest absolute Gasteiger partial charge is 0.270 e. The van der Waals surface area contributed by atoms with E-state index in [2.05, 4.69) is 35.1 Å². The maximum atomic E-state index is 12.7. The Hall–Kier alpha value is -0.520. The van der Waals surface area contributed by atoms with Crippen LogP contribution in [-0.2, 0) is 0 Å². The third-order valence-corrected chi connectivity index (χ3v) is 4.42. The number of piperidine rings is 1. The Labute approximate surface area is 141 Å². The second-order valence-electron chi connectivity index (χ2n) is 5.84. The predicted molar refractivity (Wildman–Crippen MR) is 92.3 cm³/mol. The Balaban J connectivity index is 0.00000220. The number of rotatable bonds is 4. The number of halogens is 2. The van der Waals surface area contributed by atoms with Crippen LogP contribution >= 0.6 is 28.3 Å². The van der Waals surface area contributed by atoms with Crippen LogP contribution in [0.2, 0.25) is 0 Å². The summed E-state index contributed by atoms with van der Waals surface area (Å²) < 4.78 is 3.02. The van der Waals surface area contributed by atoms with Crippen LogP contribution in [0.25, 0.3) is 0 Å². The molecule has 0 spiro atoms. The number of nitrogens with one attached hydrogen (secondary N) is 1. The van der Waals surface area contributed by atoms with Crippen molar-refractivity contribution in [1.29, 1.82) is 0 Å². The maximum Gasteiger partial charge on any atom is 0.270 e. The van der Waals surface area contributed by atoms with Crippen LogP contribution in [0.4, 0.5) is 0 Å². The first-order chi connectivity index (χ1) is 9.52. The number of aromatic nitrogens is 1. The SMILES string of the molecule is CNCC1CCN(C(=O)c2cc(Br)cn2C(C)C)CC1.Cl. The summed E-state index contributed by atoms with van der Waals surface area (Å²) in [7, 11) is 1.99.